The van der Waals surface area contributed by atoms with Gasteiger partial charge in [0.2, 0.25) is 0 Å². The summed E-state index contributed by atoms with van der Waals surface area (Å²) < 4.78 is 11.9. The number of rotatable bonds is 8. The second-order valence-corrected chi connectivity index (χ2v) is 8.31. The Balaban J connectivity index is 2.40. The summed E-state index contributed by atoms with van der Waals surface area (Å²) in [6.07, 6.45) is 7.77. The predicted octanol–water partition coefficient (Wildman–Crippen LogP) is 2.98. The van der Waals surface area contributed by atoms with Gasteiger partial charge in [0.05, 0.1) is 0 Å². The van der Waals surface area contributed by atoms with Crippen LogP contribution in [0.1, 0.15) is 52.9 Å². The van der Waals surface area contributed by atoms with Gasteiger partial charge in [0.1, 0.15) is 0 Å². The van der Waals surface area contributed by atoms with Crippen molar-refractivity contribution in [2.24, 2.45) is 0 Å². The van der Waals surface area contributed by atoms with Crippen molar-refractivity contribution < 1.29 is 8.85 Å². The molecule has 1 saturated carbocycles. The molecule has 0 aromatic carbocycles. The predicted molar refractivity (Wildman–Crippen MR) is 74.4 cm³/mol. The summed E-state index contributed by atoms with van der Waals surface area (Å²) in [6.45, 7) is 7.87. The second kappa shape index (κ2) is 8.24. The van der Waals surface area contributed by atoms with Crippen molar-refractivity contribution >= 4 is 8.56 Å². The lowest BCUT2D eigenvalue weighted by molar-refractivity contribution is 0.179. The van der Waals surface area contributed by atoms with Gasteiger partial charge in [-0.25, -0.2) is 0 Å². The standard InChI is InChI=1S/C13H29NO2Si/c1-4-15-17(6-3,16-5-2)12-14-13-10-8-7-9-11-13/h13-14H,4-12H2,1-3H3. The minimum absolute atomic E-state index is 0.697. The van der Waals surface area contributed by atoms with Crippen LogP contribution in [0, 0.1) is 0 Å². The summed E-state index contributed by atoms with van der Waals surface area (Å²) in [5, 5.41) is 3.69. The van der Waals surface area contributed by atoms with E-state index in [1.807, 2.05) is 0 Å². The van der Waals surface area contributed by atoms with Crippen LogP contribution in [-0.4, -0.2) is 34.0 Å². The molecule has 1 rings (SSSR count). The SMILES string of the molecule is CCO[Si](CC)(CNC1CCCCC1)OCC. The van der Waals surface area contributed by atoms with E-state index in [4.69, 9.17) is 8.85 Å². The first-order chi connectivity index (χ1) is 8.26. The van der Waals surface area contributed by atoms with Crippen molar-refractivity contribution in [2.75, 3.05) is 19.4 Å². The Kier molecular flexibility index (Phi) is 7.35. The van der Waals surface area contributed by atoms with E-state index < -0.39 is 8.56 Å². The Morgan fingerprint density at radius 3 is 2.06 bits per heavy atom. The first-order valence-electron chi connectivity index (χ1n) is 7.27. The highest BCUT2D eigenvalue weighted by atomic mass is 28.4. The number of nitrogens with one attached hydrogen (secondary N) is 1. The zero-order valence-corrected chi connectivity index (χ0v) is 12.8. The van der Waals surface area contributed by atoms with Crippen molar-refractivity contribution in [3.63, 3.8) is 0 Å². The van der Waals surface area contributed by atoms with Crippen LogP contribution in [0.3, 0.4) is 0 Å². The van der Waals surface area contributed by atoms with Crippen LogP contribution >= 0.6 is 0 Å². The zero-order valence-electron chi connectivity index (χ0n) is 11.8. The molecule has 4 heteroatoms. The third kappa shape index (κ3) is 5.08. The molecule has 1 fully saturated rings. The van der Waals surface area contributed by atoms with Crippen molar-refractivity contribution in [3.05, 3.63) is 0 Å². The lowest BCUT2D eigenvalue weighted by atomic mass is 9.96. The Morgan fingerprint density at radius 1 is 1.00 bits per heavy atom. The Bertz CT molecular complexity index is 190. The first kappa shape index (κ1) is 15.2. The van der Waals surface area contributed by atoms with Crippen LogP contribution in [0.2, 0.25) is 6.04 Å². The fraction of sp³-hybridized carbons (Fsp3) is 1.00. The summed E-state index contributed by atoms with van der Waals surface area (Å²) in [5.41, 5.74) is 0. The van der Waals surface area contributed by atoms with Gasteiger partial charge in [0.15, 0.2) is 0 Å². The summed E-state index contributed by atoms with van der Waals surface area (Å²) >= 11 is 0. The van der Waals surface area contributed by atoms with E-state index in [9.17, 15) is 0 Å². The average Bonchev–Trinajstić information content (AvgIpc) is 2.38. The molecule has 1 N–H and O–H groups in total. The van der Waals surface area contributed by atoms with Crippen molar-refractivity contribution in [1.82, 2.24) is 5.32 Å². The van der Waals surface area contributed by atoms with Gasteiger partial charge in [-0.05, 0) is 32.7 Å². The molecular weight excluding hydrogens is 230 g/mol. The molecule has 0 heterocycles. The minimum atomic E-state index is -1.96. The minimum Gasteiger partial charge on any atom is -0.394 e. The second-order valence-electron chi connectivity index (χ2n) is 4.85. The number of hydrogen-bond acceptors (Lipinski definition) is 3. The lowest BCUT2D eigenvalue weighted by Gasteiger charge is -2.32. The van der Waals surface area contributed by atoms with Crippen LogP contribution in [-0.2, 0) is 8.85 Å². The van der Waals surface area contributed by atoms with Crippen molar-refractivity contribution in [2.45, 2.75) is 65.0 Å². The fourth-order valence-electron chi connectivity index (χ4n) is 2.61. The smallest absolute Gasteiger partial charge is 0.352 e. The van der Waals surface area contributed by atoms with E-state index in [1.54, 1.807) is 0 Å². The molecule has 0 radical (unpaired) electrons. The first-order valence-corrected chi connectivity index (χ1v) is 9.50. The highest BCUT2D eigenvalue weighted by Crippen LogP contribution is 2.19. The molecule has 102 valence electrons. The topological polar surface area (TPSA) is 30.5 Å². The van der Waals surface area contributed by atoms with Gasteiger partial charge in [0, 0.05) is 25.4 Å². The van der Waals surface area contributed by atoms with Crippen molar-refractivity contribution in [3.8, 4) is 0 Å². The summed E-state index contributed by atoms with van der Waals surface area (Å²) in [4.78, 5) is 0. The summed E-state index contributed by atoms with van der Waals surface area (Å²) in [7, 11) is -1.96. The third-order valence-corrected chi connectivity index (χ3v) is 7.07. The van der Waals surface area contributed by atoms with Gasteiger partial charge in [-0.1, -0.05) is 26.2 Å². The molecule has 1 aliphatic rings. The largest absolute Gasteiger partial charge is 0.394 e. The molecule has 0 unspecified atom stereocenters. The van der Waals surface area contributed by atoms with Gasteiger partial charge >= 0.3 is 8.56 Å². The Morgan fingerprint density at radius 2 is 1.59 bits per heavy atom. The molecule has 0 amide bonds. The van der Waals surface area contributed by atoms with E-state index >= 15 is 0 Å². The maximum Gasteiger partial charge on any atom is 0.352 e. The molecule has 0 bridgehead atoms. The molecule has 17 heavy (non-hydrogen) atoms. The molecule has 0 saturated heterocycles. The van der Waals surface area contributed by atoms with Gasteiger partial charge in [-0.15, -0.1) is 0 Å². The van der Waals surface area contributed by atoms with Crippen LogP contribution in [0.5, 0.6) is 0 Å². The van der Waals surface area contributed by atoms with E-state index in [1.165, 1.54) is 32.1 Å². The van der Waals surface area contributed by atoms with E-state index in [0.29, 0.717) is 6.04 Å². The van der Waals surface area contributed by atoms with Crippen molar-refractivity contribution in [1.29, 1.82) is 0 Å². The number of hydrogen-bond donors (Lipinski definition) is 1. The molecule has 0 aromatic heterocycles. The highest BCUT2D eigenvalue weighted by molar-refractivity contribution is 6.67. The van der Waals surface area contributed by atoms with Gasteiger partial charge in [0.25, 0.3) is 0 Å². The highest BCUT2D eigenvalue weighted by Gasteiger charge is 2.35. The third-order valence-electron chi connectivity index (χ3n) is 3.62. The van der Waals surface area contributed by atoms with E-state index in [2.05, 4.69) is 26.1 Å². The average molecular weight is 259 g/mol. The normalized spacial score (nSPS) is 18.5. The molecule has 3 nitrogen and oxygen atoms in total. The summed E-state index contributed by atoms with van der Waals surface area (Å²) in [5.74, 6) is 0. The lowest BCUT2D eigenvalue weighted by Crippen LogP contribution is -2.53. The maximum atomic E-state index is 5.96. The maximum absolute atomic E-state index is 5.96. The van der Waals surface area contributed by atoms with E-state index in [-0.39, 0.29) is 0 Å². The molecule has 0 aromatic rings. The van der Waals surface area contributed by atoms with Gasteiger partial charge in [-0.2, -0.15) is 0 Å². The molecule has 0 aliphatic heterocycles. The van der Waals surface area contributed by atoms with Crippen LogP contribution in [0.4, 0.5) is 0 Å². The fourth-order valence-corrected chi connectivity index (χ4v) is 5.20. The molecule has 0 atom stereocenters. The van der Waals surface area contributed by atoms with E-state index in [0.717, 1.165) is 25.4 Å². The molecular formula is C13H29NO2Si. The Labute approximate surface area is 108 Å². The molecule has 1 aliphatic carbocycles. The van der Waals surface area contributed by atoms with Crippen LogP contribution < -0.4 is 5.32 Å². The van der Waals surface area contributed by atoms with Crippen LogP contribution in [0.25, 0.3) is 0 Å². The van der Waals surface area contributed by atoms with Crippen LogP contribution in [0.15, 0.2) is 0 Å². The quantitative estimate of drug-likeness (QED) is 0.680. The van der Waals surface area contributed by atoms with Gasteiger partial charge < -0.3 is 14.2 Å². The van der Waals surface area contributed by atoms with Gasteiger partial charge in [-0.3, -0.25) is 0 Å². The Hall–Kier alpha value is 0.0969. The zero-order chi connectivity index (χ0) is 12.6. The summed E-state index contributed by atoms with van der Waals surface area (Å²) in [6, 6.07) is 1.73. The monoisotopic (exact) mass is 259 g/mol. The molecule has 0 spiro atoms.